The fourth-order valence-corrected chi connectivity index (χ4v) is 3.96. The van der Waals surface area contributed by atoms with Crippen LogP contribution >= 0.6 is 0 Å². The number of aromatic nitrogens is 2. The number of hydrogen-bond acceptors (Lipinski definition) is 2. The van der Waals surface area contributed by atoms with Crippen molar-refractivity contribution in [2.24, 2.45) is 18.4 Å². The quantitative estimate of drug-likeness (QED) is 0.824. The summed E-state index contributed by atoms with van der Waals surface area (Å²) in [6.07, 6.45) is 13.0. The van der Waals surface area contributed by atoms with E-state index in [2.05, 4.69) is 42.7 Å². The fourth-order valence-electron chi connectivity index (χ4n) is 3.96. The van der Waals surface area contributed by atoms with Crippen molar-refractivity contribution >= 4 is 0 Å². The van der Waals surface area contributed by atoms with Crippen molar-refractivity contribution in [3.05, 3.63) is 18.2 Å². The van der Waals surface area contributed by atoms with Gasteiger partial charge in [-0.2, -0.15) is 0 Å². The Balaban J connectivity index is 2.01. The Hall–Kier alpha value is -0.830. The highest BCUT2D eigenvalue weighted by molar-refractivity contribution is 4.95. The molecule has 3 nitrogen and oxygen atoms in total. The van der Waals surface area contributed by atoms with Gasteiger partial charge in [-0.25, -0.2) is 4.98 Å². The van der Waals surface area contributed by atoms with Gasteiger partial charge < -0.3 is 9.88 Å². The average molecular weight is 291 g/mol. The predicted molar refractivity (Wildman–Crippen MR) is 89.3 cm³/mol. The van der Waals surface area contributed by atoms with Gasteiger partial charge in [-0.05, 0) is 43.6 Å². The number of nitrogens with zero attached hydrogens (tertiary/aromatic N) is 2. The van der Waals surface area contributed by atoms with Gasteiger partial charge in [0.2, 0.25) is 0 Å². The molecule has 0 aliphatic heterocycles. The van der Waals surface area contributed by atoms with Gasteiger partial charge in [0, 0.05) is 31.9 Å². The van der Waals surface area contributed by atoms with Gasteiger partial charge in [-0.1, -0.05) is 33.6 Å². The van der Waals surface area contributed by atoms with E-state index in [0.29, 0.717) is 11.5 Å². The summed E-state index contributed by atoms with van der Waals surface area (Å²) in [5.41, 5.74) is 0.477. The van der Waals surface area contributed by atoms with Crippen LogP contribution in [0.5, 0.6) is 0 Å². The number of aryl methyl sites for hydroxylation is 2. The van der Waals surface area contributed by atoms with Crippen molar-refractivity contribution in [3.8, 4) is 0 Å². The van der Waals surface area contributed by atoms with Crippen molar-refractivity contribution in [2.75, 3.05) is 6.54 Å². The fraction of sp³-hybridized carbons (Fsp3) is 0.833. The molecule has 2 rings (SSSR count). The molecule has 0 radical (unpaired) electrons. The van der Waals surface area contributed by atoms with E-state index in [1.165, 1.54) is 44.3 Å². The summed E-state index contributed by atoms with van der Waals surface area (Å²) in [5, 5.41) is 3.84. The van der Waals surface area contributed by atoms with E-state index in [1.807, 2.05) is 12.4 Å². The molecule has 21 heavy (non-hydrogen) atoms. The molecule has 2 unspecified atom stereocenters. The van der Waals surface area contributed by atoms with Crippen LogP contribution in [0.4, 0.5) is 0 Å². The molecular weight excluding hydrogens is 258 g/mol. The van der Waals surface area contributed by atoms with E-state index in [-0.39, 0.29) is 0 Å². The minimum absolute atomic E-state index is 0.477. The molecule has 0 saturated heterocycles. The van der Waals surface area contributed by atoms with Crippen LogP contribution in [-0.2, 0) is 13.5 Å². The molecular formula is C18H33N3. The maximum absolute atomic E-state index is 4.48. The molecule has 0 aromatic carbocycles. The minimum Gasteiger partial charge on any atom is -0.338 e. The summed E-state index contributed by atoms with van der Waals surface area (Å²) in [6.45, 7) is 8.34. The van der Waals surface area contributed by atoms with E-state index in [1.54, 1.807) is 0 Å². The summed E-state index contributed by atoms with van der Waals surface area (Å²) >= 11 is 0. The number of imidazole rings is 1. The monoisotopic (exact) mass is 291 g/mol. The van der Waals surface area contributed by atoms with Gasteiger partial charge in [0.25, 0.3) is 0 Å². The first kappa shape index (κ1) is 16.5. The maximum atomic E-state index is 4.48. The van der Waals surface area contributed by atoms with Crippen LogP contribution in [0.25, 0.3) is 0 Å². The van der Waals surface area contributed by atoms with E-state index < -0.39 is 0 Å². The molecule has 1 saturated carbocycles. The lowest BCUT2D eigenvalue weighted by molar-refractivity contribution is 0.0945. The normalized spacial score (nSPS) is 23.1. The van der Waals surface area contributed by atoms with Gasteiger partial charge in [-0.3, -0.25) is 0 Å². The Bertz CT molecular complexity index is 422. The second-order valence-corrected chi connectivity index (χ2v) is 7.39. The molecule has 1 aliphatic carbocycles. The molecule has 0 amide bonds. The van der Waals surface area contributed by atoms with Gasteiger partial charge in [0.1, 0.15) is 5.82 Å². The van der Waals surface area contributed by atoms with E-state index in [9.17, 15) is 0 Å². The maximum Gasteiger partial charge on any atom is 0.108 e. The Morgan fingerprint density at radius 2 is 2.24 bits per heavy atom. The summed E-state index contributed by atoms with van der Waals surface area (Å²) < 4.78 is 2.16. The third-order valence-electron chi connectivity index (χ3n) is 5.33. The second-order valence-electron chi connectivity index (χ2n) is 7.39. The van der Waals surface area contributed by atoms with Gasteiger partial charge in [0.15, 0.2) is 0 Å². The highest BCUT2D eigenvalue weighted by Crippen LogP contribution is 2.43. The van der Waals surface area contributed by atoms with E-state index in [0.717, 1.165) is 18.9 Å². The topological polar surface area (TPSA) is 29.9 Å². The molecule has 0 bridgehead atoms. The second kappa shape index (κ2) is 7.44. The third-order valence-corrected chi connectivity index (χ3v) is 5.33. The smallest absolute Gasteiger partial charge is 0.108 e. The van der Waals surface area contributed by atoms with Crippen molar-refractivity contribution in [2.45, 2.75) is 71.8 Å². The molecule has 1 aromatic heterocycles. The summed E-state index contributed by atoms with van der Waals surface area (Å²) in [5.74, 6) is 2.02. The molecule has 0 spiro atoms. The standard InChI is InChI=1S/C18H33N3/c1-5-12-19-16(9-10-17-20-13-14-21(17)4)15-8-6-7-11-18(15,2)3/h13-16,19H,5-12H2,1-4H3. The minimum atomic E-state index is 0.477. The lowest BCUT2D eigenvalue weighted by atomic mass is 9.65. The van der Waals surface area contributed by atoms with Crippen molar-refractivity contribution in [3.63, 3.8) is 0 Å². The third kappa shape index (κ3) is 4.32. The summed E-state index contributed by atoms with van der Waals surface area (Å²) in [6, 6.07) is 0.636. The predicted octanol–water partition coefficient (Wildman–Crippen LogP) is 3.94. The van der Waals surface area contributed by atoms with E-state index >= 15 is 0 Å². The molecule has 1 N–H and O–H groups in total. The zero-order valence-electron chi connectivity index (χ0n) is 14.4. The van der Waals surface area contributed by atoms with Crippen molar-refractivity contribution in [1.82, 2.24) is 14.9 Å². The number of rotatable bonds is 7. The van der Waals surface area contributed by atoms with Crippen LogP contribution in [0.3, 0.4) is 0 Å². The van der Waals surface area contributed by atoms with Crippen molar-refractivity contribution < 1.29 is 0 Å². The Morgan fingerprint density at radius 3 is 2.86 bits per heavy atom. The molecule has 1 heterocycles. The number of hydrogen-bond donors (Lipinski definition) is 1. The zero-order valence-corrected chi connectivity index (χ0v) is 14.4. The first-order valence-corrected chi connectivity index (χ1v) is 8.74. The summed E-state index contributed by atoms with van der Waals surface area (Å²) in [7, 11) is 2.10. The first-order valence-electron chi connectivity index (χ1n) is 8.74. The molecule has 1 fully saturated rings. The van der Waals surface area contributed by atoms with E-state index in [4.69, 9.17) is 0 Å². The molecule has 3 heteroatoms. The largest absolute Gasteiger partial charge is 0.338 e. The lowest BCUT2D eigenvalue weighted by Gasteiger charge is -2.43. The molecule has 1 aromatic rings. The lowest BCUT2D eigenvalue weighted by Crippen LogP contribution is -2.45. The Kier molecular flexibility index (Phi) is 5.86. The molecule has 2 atom stereocenters. The van der Waals surface area contributed by atoms with Gasteiger partial charge in [0.05, 0.1) is 0 Å². The average Bonchev–Trinajstić information content (AvgIpc) is 2.85. The molecule has 120 valence electrons. The van der Waals surface area contributed by atoms with Crippen LogP contribution in [0.1, 0.15) is 65.1 Å². The Morgan fingerprint density at radius 1 is 1.43 bits per heavy atom. The molecule has 1 aliphatic rings. The zero-order chi connectivity index (χ0) is 15.3. The van der Waals surface area contributed by atoms with Crippen LogP contribution in [0, 0.1) is 11.3 Å². The Labute approximate surface area is 130 Å². The highest BCUT2D eigenvalue weighted by Gasteiger charge is 2.37. The van der Waals surface area contributed by atoms with Crippen LogP contribution in [0.15, 0.2) is 12.4 Å². The van der Waals surface area contributed by atoms with Crippen LogP contribution < -0.4 is 5.32 Å². The van der Waals surface area contributed by atoms with Gasteiger partial charge >= 0.3 is 0 Å². The number of nitrogens with one attached hydrogen (secondary N) is 1. The van der Waals surface area contributed by atoms with Crippen molar-refractivity contribution in [1.29, 1.82) is 0 Å². The van der Waals surface area contributed by atoms with Crippen LogP contribution in [0.2, 0.25) is 0 Å². The highest BCUT2D eigenvalue weighted by atomic mass is 15.0. The summed E-state index contributed by atoms with van der Waals surface area (Å²) in [4.78, 5) is 4.48. The van der Waals surface area contributed by atoms with Crippen LogP contribution in [-0.4, -0.2) is 22.1 Å². The first-order chi connectivity index (χ1) is 10.0. The SMILES string of the molecule is CCCNC(CCc1nccn1C)C1CCCCC1(C)C. The van der Waals surface area contributed by atoms with Gasteiger partial charge in [-0.15, -0.1) is 0 Å².